The fourth-order valence-electron chi connectivity index (χ4n) is 7.57. The number of carbonyl (C=O) groups excluding carboxylic acids is 1. The van der Waals surface area contributed by atoms with Crippen LogP contribution in [0.25, 0.3) is 11.1 Å². The van der Waals surface area contributed by atoms with Crippen molar-refractivity contribution in [1.29, 1.82) is 0 Å². The minimum atomic E-state index is -0.250. The highest BCUT2D eigenvalue weighted by Gasteiger charge is 2.51. The van der Waals surface area contributed by atoms with Crippen LogP contribution in [-0.2, 0) is 25.7 Å². The zero-order valence-corrected chi connectivity index (χ0v) is 31.6. The second-order valence-corrected chi connectivity index (χ2v) is 16.4. The molecule has 0 spiro atoms. The van der Waals surface area contributed by atoms with E-state index in [1.54, 1.807) is 0 Å². The predicted molar refractivity (Wildman–Crippen MR) is 195 cm³/mol. The zero-order chi connectivity index (χ0) is 35.1. The van der Waals surface area contributed by atoms with Crippen molar-refractivity contribution in [2.75, 3.05) is 13.4 Å². The van der Waals surface area contributed by atoms with Gasteiger partial charge in [-0.3, -0.25) is 4.84 Å². The molecular formula is C41H64N2O5. The van der Waals surface area contributed by atoms with E-state index in [-0.39, 0.29) is 41.6 Å². The van der Waals surface area contributed by atoms with E-state index < -0.39 is 0 Å². The van der Waals surface area contributed by atoms with Gasteiger partial charge in [0, 0.05) is 35.5 Å². The van der Waals surface area contributed by atoms with Crippen LogP contribution in [-0.4, -0.2) is 59.3 Å². The third-order valence-corrected chi connectivity index (χ3v) is 10.6. The Bertz CT molecular complexity index is 1290. The molecule has 268 valence electrons. The summed E-state index contributed by atoms with van der Waals surface area (Å²) in [6.45, 7) is 23.9. The highest BCUT2D eigenvalue weighted by Crippen LogP contribution is 2.44. The molecule has 48 heavy (non-hydrogen) atoms. The van der Waals surface area contributed by atoms with Crippen LogP contribution in [0.5, 0.6) is 0 Å². The first-order valence-electron chi connectivity index (χ1n) is 18.4. The lowest BCUT2D eigenvalue weighted by Gasteiger charge is -2.56. The summed E-state index contributed by atoms with van der Waals surface area (Å²) < 4.78 is 18.3. The molecule has 4 unspecified atom stereocenters. The van der Waals surface area contributed by atoms with Gasteiger partial charge in [-0.25, -0.2) is 4.79 Å². The molecule has 2 aromatic carbocycles. The van der Waals surface area contributed by atoms with Crippen molar-refractivity contribution in [1.82, 2.24) is 10.4 Å². The Kier molecular flexibility index (Phi) is 13.3. The largest absolute Gasteiger partial charge is 0.459 e. The Morgan fingerprint density at radius 3 is 2.12 bits per heavy atom. The summed E-state index contributed by atoms with van der Waals surface area (Å²) in [5.74, 6) is 0.656. The van der Waals surface area contributed by atoms with E-state index in [9.17, 15) is 4.79 Å². The fourth-order valence-corrected chi connectivity index (χ4v) is 7.57. The van der Waals surface area contributed by atoms with Crippen LogP contribution in [0.1, 0.15) is 130 Å². The first kappa shape index (κ1) is 38.5. The van der Waals surface area contributed by atoms with Crippen LogP contribution >= 0.6 is 0 Å². The molecule has 2 aliphatic heterocycles. The minimum absolute atomic E-state index is 0.0557. The normalized spacial score (nSPS) is 25.8. The average Bonchev–Trinajstić information content (AvgIpc) is 3.01. The number of ether oxygens (including phenoxy) is 3. The van der Waals surface area contributed by atoms with Gasteiger partial charge in [0.2, 0.25) is 0 Å². The quantitative estimate of drug-likeness (QED) is 0.116. The van der Waals surface area contributed by atoms with Crippen molar-refractivity contribution < 1.29 is 23.8 Å². The van der Waals surface area contributed by atoms with Crippen LogP contribution in [0, 0.1) is 11.8 Å². The molecule has 7 heteroatoms. The first-order chi connectivity index (χ1) is 22.6. The second-order valence-electron chi connectivity index (χ2n) is 16.4. The maximum Gasteiger partial charge on any atom is 0.338 e. The third-order valence-electron chi connectivity index (χ3n) is 10.6. The van der Waals surface area contributed by atoms with Crippen LogP contribution in [0.15, 0.2) is 48.5 Å². The van der Waals surface area contributed by atoms with Crippen LogP contribution in [0.4, 0.5) is 0 Å². The maximum absolute atomic E-state index is 13.0. The van der Waals surface area contributed by atoms with Gasteiger partial charge in [0.05, 0.1) is 24.9 Å². The third kappa shape index (κ3) is 10.1. The summed E-state index contributed by atoms with van der Waals surface area (Å²) in [4.78, 5) is 19.4. The number of hydroxylamine groups is 2. The van der Waals surface area contributed by atoms with E-state index >= 15 is 0 Å². The SMILES string of the molecule is CCCCCON1C(C)(C)CC(OCOCc2ccc(-c3ccc(C(=O)OC4CC(C(C)C)NC(C)(C)C4)cc3)cc2)CC1(C)C(C)C. The van der Waals surface area contributed by atoms with Crippen molar-refractivity contribution in [3.8, 4) is 11.1 Å². The fraction of sp³-hybridized carbons (Fsp3) is 0.683. The molecule has 2 fully saturated rings. The standard InChI is InChI=1S/C41H64N2O5/c1-11-12-13-22-47-43-40(8,9)25-36(26-41(43,10)30(4)5)46-28-45-27-31-14-16-32(17-15-31)33-18-20-34(21-19-33)38(44)48-35-23-37(29(2)3)42-39(6,7)24-35/h14-21,29-30,35-37,42H,11-13,22-28H2,1-10H3. The number of nitrogens with zero attached hydrogens (tertiary/aromatic N) is 1. The Balaban J connectivity index is 1.25. The number of unbranched alkanes of at least 4 members (excludes halogenated alkanes) is 2. The van der Waals surface area contributed by atoms with Crippen molar-refractivity contribution in [2.24, 2.45) is 11.8 Å². The molecule has 2 aliphatic rings. The van der Waals surface area contributed by atoms with E-state index in [2.05, 4.69) is 104 Å². The molecule has 4 rings (SSSR count). The summed E-state index contributed by atoms with van der Waals surface area (Å²) in [6.07, 6.45) is 6.96. The first-order valence-corrected chi connectivity index (χ1v) is 18.4. The van der Waals surface area contributed by atoms with Gasteiger partial charge in [0.1, 0.15) is 12.9 Å². The van der Waals surface area contributed by atoms with Gasteiger partial charge in [0.25, 0.3) is 0 Å². The van der Waals surface area contributed by atoms with E-state index in [0.29, 0.717) is 30.0 Å². The summed E-state index contributed by atoms with van der Waals surface area (Å²) in [6, 6.07) is 16.4. The predicted octanol–water partition coefficient (Wildman–Crippen LogP) is 9.34. The molecule has 2 heterocycles. The molecule has 0 radical (unpaired) electrons. The highest BCUT2D eigenvalue weighted by molar-refractivity contribution is 5.90. The van der Waals surface area contributed by atoms with Crippen molar-refractivity contribution in [3.63, 3.8) is 0 Å². The summed E-state index contributed by atoms with van der Waals surface area (Å²) in [5.41, 5.74) is 3.52. The Morgan fingerprint density at radius 2 is 1.52 bits per heavy atom. The Hall–Kier alpha value is -2.29. The average molecular weight is 665 g/mol. The summed E-state index contributed by atoms with van der Waals surface area (Å²) >= 11 is 0. The number of benzene rings is 2. The van der Waals surface area contributed by atoms with E-state index in [0.717, 1.165) is 55.4 Å². The molecule has 0 bridgehead atoms. The molecule has 0 aromatic heterocycles. The van der Waals surface area contributed by atoms with Crippen LogP contribution in [0.3, 0.4) is 0 Å². The van der Waals surface area contributed by atoms with Gasteiger partial charge in [0.15, 0.2) is 0 Å². The van der Waals surface area contributed by atoms with E-state index in [1.165, 1.54) is 12.8 Å². The molecule has 4 atom stereocenters. The number of piperidine rings is 2. The second kappa shape index (κ2) is 16.6. The lowest BCUT2D eigenvalue weighted by molar-refractivity contribution is -0.312. The van der Waals surface area contributed by atoms with Gasteiger partial charge in [-0.1, -0.05) is 83.9 Å². The highest BCUT2D eigenvalue weighted by atomic mass is 16.7. The summed E-state index contributed by atoms with van der Waals surface area (Å²) in [5, 5.41) is 5.98. The lowest BCUT2D eigenvalue weighted by Crippen LogP contribution is -2.65. The molecule has 0 aliphatic carbocycles. The number of hydrogen-bond donors (Lipinski definition) is 1. The minimum Gasteiger partial charge on any atom is -0.459 e. The van der Waals surface area contributed by atoms with Gasteiger partial charge in [-0.15, -0.1) is 0 Å². The molecule has 0 amide bonds. The lowest BCUT2D eigenvalue weighted by atomic mass is 9.73. The number of hydrogen-bond acceptors (Lipinski definition) is 7. The van der Waals surface area contributed by atoms with Gasteiger partial charge in [-0.2, -0.15) is 5.06 Å². The smallest absolute Gasteiger partial charge is 0.338 e. The Morgan fingerprint density at radius 1 is 0.875 bits per heavy atom. The van der Waals surface area contributed by atoms with Gasteiger partial charge in [-0.05, 0) is 94.5 Å². The number of rotatable bonds is 15. The molecule has 0 saturated carbocycles. The van der Waals surface area contributed by atoms with Crippen molar-refractivity contribution in [3.05, 3.63) is 59.7 Å². The molecule has 1 N–H and O–H groups in total. The van der Waals surface area contributed by atoms with Crippen LogP contribution in [0.2, 0.25) is 0 Å². The molecule has 2 aromatic rings. The van der Waals surface area contributed by atoms with Gasteiger partial charge < -0.3 is 19.5 Å². The van der Waals surface area contributed by atoms with Crippen molar-refractivity contribution >= 4 is 5.97 Å². The van der Waals surface area contributed by atoms with Crippen LogP contribution < -0.4 is 5.32 Å². The monoisotopic (exact) mass is 664 g/mol. The van der Waals surface area contributed by atoms with Gasteiger partial charge >= 0.3 is 5.97 Å². The molecule has 7 nitrogen and oxygen atoms in total. The number of nitrogens with one attached hydrogen (secondary N) is 1. The number of carbonyl (C=O) groups is 1. The van der Waals surface area contributed by atoms with E-state index in [1.807, 2.05) is 24.3 Å². The topological polar surface area (TPSA) is 69.3 Å². The maximum atomic E-state index is 13.0. The summed E-state index contributed by atoms with van der Waals surface area (Å²) in [7, 11) is 0. The molecule has 2 saturated heterocycles. The Labute approximate surface area is 291 Å². The number of esters is 1. The van der Waals surface area contributed by atoms with E-state index in [4.69, 9.17) is 19.0 Å². The molecular weight excluding hydrogens is 600 g/mol. The zero-order valence-electron chi connectivity index (χ0n) is 31.6. The van der Waals surface area contributed by atoms with Crippen molar-refractivity contribution in [2.45, 2.75) is 156 Å².